The molecule has 0 radical (unpaired) electrons. The summed E-state index contributed by atoms with van der Waals surface area (Å²) in [6.07, 6.45) is -0.264. The van der Waals surface area contributed by atoms with Gasteiger partial charge in [0.15, 0.2) is 0 Å². The van der Waals surface area contributed by atoms with Gasteiger partial charge in [0.05, 0.1) is 22.7 Å². The number of nitrogens with one attached hydrogen (secondary N) is 1. The van der Waals surface area contributed by atoms with Gasteiger partial charge in [-0.25, -0.2) is 4.39 Å². The summed E-state index contributed by atoms with van der Waals surface area (Å²) in [5.41, 5.74) is -1.16. The second kappa shape index (κ2) is 6.35. The molecule has 1 unspecified atom stereocenters. The molecule has 2 N–H and O–H groups in total. The predicted molar refractivity (Wildman–Crippen MR) is 74.9 cm³/mol. The lowest BCUT2D eigenvalue weighted by molar-refractivity contribution is -0.153. The van der Waals surface area contributed by atoms with Crippen molar-refractivity contribution in [2.45, 2.75) is 27.2 Å². The third kappa shape index (κ3) is 3.78. The number of hydrogen-bond acceptors (Lipinski definition) is 3. The van der Waals surface area contributed by atoms with E-state index in [-0.39, 0.29) is 23.6 Å². The quantitative estimate of drug-likeness (QED) is 0.873. The lowest BCUT2D eigenvalue weighted by Gasteiger charge is -2.28. The maximum Gasteiger partial charge on any atom is 0.310 e. The van der Waals surface area contributed by atoms with E-state index in [1.165, 1.54) is 19.1 Å². The first-order valence-electron chi connectivity index (χ1n) is 6.43. The van der Waals surface area contributed by atoms with Gasteiger partial charge in [-0.2, -0.15) is 5.26 Å². The molecule has 0 saturated heterocycles. The molecule has 0 aliphatic heterocycles. The topological polar surface area (TPSA) is 90.2 Å². The second-order valence-corrected chi connectivity index (χ2v) is 5.41. The molecule has 1 amide bonds. The van der Waals surface area contributed by atoms with Crippen molar-refractivity contribution < 1.29 is 19.1 Å². The van der Waals surface area contributed by atoms with Crippen LogP contribution in [0.1, 0.15) is 32.8 Å². The molecule has 0 heterocycles. The molecule has 21 heavy (non-hydrogen) atoms. The molecule has 5 nitrogen and oxygen atoms in total. The fourth-order valence-corrected chi connectivity index (χ4v) is 1.74. The van der Waals surface area contributed by atoms with Crippen molar-refractivity contribution >= 4 is 17.6 Å². The molecule has 0 fully saturated rings. The number of hydrogen-bond donors (Lipinski definition) is 2. The van der Waals surface area contributed by atoms with Crippen molar-refractivity contribution in [1.29, 1.82) is 5.26 Å². The van der Waals surface area contributed by atoms with Gasteiger partial charge < -0.3 is 10.4 Å². The van der Waals surface area contributed by atoms with Crippen LogP contribution < -0.4 is 5.32 Å². The Hall–Kier alpha value is -2.42. The van der Waals surface area contributed by atoms with Crippen molar-refractivity contribution in [3.63, 3.8) is 0 Å². The molecule has 1 rings (SSSR count). The van der Waals surface area contributed by atoms with Crippen molar-refractivity contribution in [1.82, 2.24) is 0 Å². The number of carbonyl (C=O) groups excluding carboxylic acids is 1. The number of nitrogens with zero attached hydrogens (tertiary/aromatic N) is 1. The largest absolute Gasteiger partial charge is 0.481 e. The van der Waals surface area contributed by atoms with Crippen LogP contribution in [0.25, 0.3) is 0 Å². The second-order valence-electron chi connectivity index (χ2n) is 5.41. The van der Waals surface area contributed by atoms with Crippen LogP contribution in [0.5, 0.6) is 0 Å². The van der Waals surface area contributed by atoms with Crippen LogP contribution in [0.3, 0.4) is 0 Å². The molecule has 1 aromatic rings. The highest BCUT2D eigenvalue weighted by atomic mass is 19.1. The predicted octanol–water partition coefficient (Wildman–Crippen LogP) is 2.77. The summed E-state index contributed by atoms with van der Waals surface area (Å²) < 4.78 is 13.7. The Labute approximate surface area is 122 Å². The van der Waals surface area contributed by atoms with Gasteiger partial charge in [-0.05, 0) is 31.0 Å². The van der Waals surface area contributed by atoms with Crippen molar-refractivity contribution in [2.24, 2.45) is 11.3 Å². The summed E-state index contributed by atoms with van der Waals surface area (Å²) in [7, 11) is 0. The van der Waals surface area contributed by atoms with Gasteiger partial charge in [-0.15, -0.1) is 0 Å². The Bertz CT molecular complexity index is 607. The molecular formula is C15H17FN2O3. The smallest absolute Gasteiger partial charge is 0.310 e. The van der Waals surface area contributed by atoms with Crippen molar-refractivity contribution in [3.8, 4) is 6.07 Å². The average molecular weight is 292 g/mol. The summed E-state index contributed by atoms with van der Waals surface area (Å²) in [6, 6.07) is 5.44. The molecule has 1 aromatic carbocycles. The molecule has 0 aliphatic rings. The Morgan fingerprint density at radius 2 is 2.10 bits per heavy atom. The fraction of sp³-hybridized carbons (Fsp3) is 0.400. The normalized spacial score (nSPS) is 13.3. The van der Waals surface area contributed by atoms with Crippen LogP contribution in [0, 0.1) is 28.5 Å². The molecule has 6 heteroatoms. The van der Waals surface area contributed by atoms with Gasteiger partial charge in [-0.3, -0.25) is 9.59 Å². The Kier molecular flexibility index (Phi) is 5.03. The SMILES string of the molecule is CC(C)C(C)(CC(=O)Nc1ccc(C#N)cc1F)C(=O)O. The summed E-state index contributed by atoms with van der Waals surface area (Å²) in [5.74, 6) is -2.65. The highest BCUT2D eigenvalue weighted by Gasteiger charge is 2.38. The standard InChI is InChI=1S/C15H17FN2O3/c1-9(2)15(3,14(20)21)7-13(19)18-12-5-4-10(8-17)6-11(12)16/h4-6,9H,7H2,1-3H3,(H,18,19)(H,20,21). The van der Waals surface area contributed by atoms with E-state index >= 15 is 0 Å². The molecule has 0 aromatic heterocycles. The third-order valence-corrected chi connectivity index (χ3v) is 3.66. The number of carboxylic acid groups (broad SMARTS) is 1. The Morgan fingerprint density at radius 1 is 1.48 bits per heavy atom. The lowest BCUT2D eigenvalue weighted by atomic mass is 9.76. The van der Waals surface area contributed by atoms with E-state index in [1.54, 1.807) is 19.9 Å². The minimum absolute atomic E-state index is 0.0736. The molecule has 112 valence electrons. The number of anilines is 1. The maximum absolute atomic E-state index is 13.7. The van der Waals surface area contributed by atoms with E-state index in [2.05, 4.69) is 5.32 Å². The van der Waals surface area contributed by atoms with Crippen LogP contribution in [0.4, 0.5) is 10.1 Å². The molecule has 0 saturated carbocycles. The number of amides is 1. The van der Waals surface area contributed by atoms with Crippen molar-refractivity contribution in [2.75, 3.05) is 5.32 Å². The first-order chi connectivity index (χ1) is 9.70. The van der Waals surface area contributed by atoms with E-state index in [0.29, 0.717) is 0 Å². The number of nitriles is 1. The first kappa shape index (κ1) is 16.6. The summed E-state index contributed by atoms with van der Waals surface area (Å²) in [4.78, 5) is 23.2. The molecule has 0 spiro atoms. The summed E-state index contributed by atoms with van der Waals surface area (Å²) in [5, 5.41) is 20.2. The summed E-state index contributed by atoms with van der Waals surface area (Å²) in [6.45, 7) is 4.90. The Morgan fingerprint density at radius 3 is 2.52 bits per heavy atom. The Balaban J connectivity index is 2.87. The minimum atomic E-state index is -1.23. The lowest BCUT2D eigenvalue weighted by Crippen LogP contribution is -2.37. The van der Waals surface area contributed by atoms with Gasteiger partial charge in [0.25, 0.3) is 0 Å². The highest BCUT2D eigenvalue weighted by molar-refractivity contribution is 5.94. The molecule has 0 bridgehead atoms. The van der Waals surface area contributed by atoms with Crippen LogP contribution in [-0.4, -0.2) is 17.0 Å². The maximum atomic E-state index is 13.7. The van der Waals surface area contributed by atoms with Crippen LogP contribution in [0.15, 0.2) is 18.2 Å². The van der Waals surface area contributed by atoms with Gasteiger partial charge in [-0.1, -0.05) is 13.8 Å². The van der Waals surface area contributed by atoms with E-state index in [9.17, 15) is 19.1 Å². The van der Waals surface area contributed by atoms with Crippen LogP contribution in [-0.2, 0) is 9.59 Å². The zero-order chi connectivity index (χ0) is 16.2. The fourth-order valence-electron chi connectivity index (χ4n) is 1.74. The van der Waals surface area contributed by atoms with E-state index in [4.69, 9.17) is 5.26 Å². The summed E-state index contributed by atoms with van der Waals surface area (Å²) >= 11 is 0. The third-order valence-electron chi connectivity index (χ3n) is 3.66. The molecule has 1 atom stereocenters. The van der Waals surface area contributed by atoms with Crippen molar-refractivity contribution in [3.05, 3.63) is 29.6 Å². The van der Waals surface area contributed by atoms with E-state index in [1.807, 2.05) is 0 Å². The van der Waals surface area contributed by atoms with E-state index < -0.39 is 23.1 Å². The number of benzene rings is 1. The number of halogens is 1. The molecular weight excluding hydrogens is 275 g/mol. The van der Waals surface area contributed by atoms with Crippen LogP contribution in [0.2, 0.25) is 0 Å². The van der Waals surface area contributed by atoms with E-state index in [0.717, 1.165) is 6.07 Å². The highest BCUT2D eigenvalue weighted by Crippen LogP contribution is 2.32. The minimum Gasteiger partial charge on any atom is -0.481 e. The number of carboxylic acids is 1. The van der Waals surface area contributed by atoms with Gasteiger partial charge in [0.1, 0.15) is 5.82 Å². The van der Waals surface area contributed by atoms with Gasteiger partial charge in [0.2, 0.25) is 5.91 Å². The molecule has 0 aliphatic carbocycles. The number of aliphatic carboxylic acids is 1. The average Bonchev–Trinajstić information content (AvgIpc) is 2.40. The monoisotopic (exact) mass is 292 g/mol. The number of rotatable bonds is 5. The van der Waals surface area contributed by atoms with Crippen LogP contribution >= 0.6 is 0 Å². The van der Waals surface area contributed by atoms with Gasteiger partial charge >= 0.3 is 5.97 Å². The van der Waals surface area contributed by atoms with Gasteiger partial charge in [0, 0.05) is 6.42 Å². The number of carbonyl (C=O) groups is 2. The zero-order valence-electron chi connectivity index (χ0n) is 12.1. The first-order valence-corrected chi connectivity index (χ1v) is 6.43. The zero-order valence-corrected chi connectivity index (χ0v) is 12.1.